The van der Waals surface area contributed by atoms with E-state index in [4.69, 9.17) is 0 Å². The highest BCUT2D eigenvalue weighted by molar-refractivity contribution is 5.96. The molecule has 0 saturated heterocycles. The SMILES string of the molecule is CC[C@H](C)[C@H](NC(=O)c1ccc(CNC(=O)C2CCCC2)cc1)C(=O)O. The van der Waals surface area contributed by atoms with E-state index in [1.807, 2.05) is 6.92 Å². The fourth-order valence-corrected chi connectivity index (χ4v) is 3.20. The predicted molar refractivity (Wildman–Crippen MR) is 98.6 cm³/mol. The van der Waals surface area contributed by atoms with Crippen molar-refractivity contribution >= 4 is 17.8 Å². The molecule has 2 amide bonds. The molecule has 1 fully saturated rings. The van der Waals surface area contributed by atoms with Gasteiger partial charge in [-0.25, -0.2) is 4.79 Å². The quantitative estimate of drug-likeness (QED) is 0.664. The fourth-order valence-electron chi connectivity index (χ4n) is 3.20. The minimum Gasteiger partial charge on any atom is -0.480 e. The van der Waals surface area contributed by atoms with Gasteiger partial charge in [-0.1, -0.05) is 45.2 Å². The van der Waals surface area contributed by atoms with Crippen LogP contribution in [-0.4, -0.2) is 28.9 Å². The first-order valence-electron chi connectivity index (χ1n) is 9.32. The Labute approximate surface area is 154 Å². The second kappa shape index (κ2) is 9.36. The number of benzene rings is 1. The summed E-state index contributed by atoms with van der Waals surface area (Å²) in [6.45, 7) is 4.12. The van der Waals surface area contributed by atoms with E-state index in [1.54, 1.807) is 31.2 Å². The number of aliphatic carboxylic acids is 1. The zero-order valence-corrected chi connectivity index (χ0v) is 15.5. The number of rotatable bonds is 8. The molecule has 0 unspecified atom stereocenters. The monoisotopic (exact) mass is 360 g/mol. The molecule has 0 heterocycles. The van der Waals surface area contributed by atoms with E-state index in [9.17, 15) is 19.5 Å². The van der Waals surface area contributed by atoms with E-state index in [-0.39, 0.29) is 17.7 Å². The zero-order chi connectivity index (χ0) is 19.1. The average Bonchev–Trinajstić information content (AvgIpc) is 3.18. The molecule has 0 bridgehead atoms. The van der Waals surface area contributed by atoms with Crippen LogP contribution in [0.1, 0.15) is 61.9 Å². The van der Waals surface area contributed by atoms with Crippen molar-refractivity contribution in [2.75, 3.05) is 0 Å². The van der Waals surface area contributed by atoms with Crippen molar-refractivity contribution in [2.24, 2.45) is 11.8 Å². The summed E-state index contributed by atoms with van der Waals surface area (Å²) < 4.78 is 0. The van der Waals surface area contributed by atoms with Gasteiger partial charge in [-0.3, -0.25) is 9.59 Å². The first-order chi connectivity index (χ1) is 12.4. The number of carbonyl (C=O) groups is 3. The molecule has 2 atom stereocenters. The molecule has 26 heavy (non-hydrogen) atoms. The van der Waals surface area contributed by atoms with Crippen LogP contribution in [0.3, 0.4) is 0 Å². The molecule has 1 saturated carbocycles. The molecule has 142 valence electrons. The summed E-state index contributed by atoms with van der Waals surface area (Å²) in [5.74, 6) is -1.35. The lowest BCUT2D eigenvalue weighted by molar-refractivity contribution is -0.140. The van der Waals surface area contributed by atoms with Crippen LogP contribution in [0, 0.1) is 11.8 Å². The molecule has 6 heteroatoms. The Bertz CT molecular complexity index is 636. The summed E-state index contributed by atoms with van der Waals surface area (Å²) in [6.07, 6.45) is 4.83. The summed E-state index contributed by atoms with van der Waals surface area (Å²) in [6, 6.07) is 5.97. The van der Waals surface area contributed by atoms with Gasteiger partial charge >= 0.3 is 5.97 Å². The Morgan fingerprint density at radius 1 is 1.15 bits per heavy atom. The van der Waals surface area contributed by atoms with Crippen molar-refractivity contribution in [3.8, 4) is 0 Å². The lowest BCUT2D eigenvalue weighted by Crippen LogP contribution is -2.45. The Hall–Kier alpha value is -2.37. The van der Waals surface area contributed by atoms with Crippen LogP contribution in [0.5, 0.6) is 0 Å². The Morgan fingerprint density at radius 2 is 1.77 bits per heavy atom. The van der Waals surface area contributed by atoms with Gasteiger partial charge in [0, 0.05) is 18.0 Å². The van der Waals surface area contributed by atoms with Crippen molar-refractivity contribution in [2.45, 2.75) is 58.5 Å². The molecule has 6 nitrogen and oxygen atoms in total. The Balaban J connectivity index is 1.90. The molecule has 1 aliphatic rings. The number of carboxylic acids is 1. The lowest BCUT2D eigenvalue weighted by atomic mass is 9.99. The maximum absolute atomic E-state index is 12.3. The minimum absolute atomic E-state index is 0.0992. The van der Waals surface area contributed by atoms with E-state index in [1.165, 1.54) is 0 Å². The van der Waals surface area contributed by atoms with Crippen LogP contribution in [0.15, 0.2) is 24.3 Å². The van der Waals surface area contributed by atoms with Crippen LogP contribution >= 0.6 is 0 Å². The molecule has 1 aromatic rings. The smallest absolute Gasteiger partial charge is 0.326 e. The number of carboxylic acid groups (broad SMARTS) is 1. The summed E-state index contributed by atoms with van der Waals surface area (Å²) in [4.78, 5) is 35.7. The topological polar surface area (TPSA) is 95.5 Å². The van der Waals surface area contributed by atoms with Crippen LogP contribution in [0.2, 0.25) is 0 Å². The first kappa shape index (κ1) is 19.9. The third-order valence-corrected chi connectivity index (χ3v) is 5.17. The van der Waals surface area contributed by atoms with Gasteiger partial charge in [0.1, 0.15) is 6.04 Å². The summed E-state index contributed by atoms with van der Waals surface area (Å²) in [5.41, 5.74) is 1.31. The fraction of sp³-hybridized carbons (Fsp3) is 0.550. The van der Waals surface area contributed by atoms with Crippen molar-refractivity contribution in [1.82, 2.24) is 10.6 Å². The third-order valence-electron chi connectivity index (χ3n) is 5.17. The summed E-state index contributed by atoms with van der Waals surface area (Å²) >= 11 is 0. The maximum Gasteiger partial charge on any atom is 0.326 e. The molecule has 0 radical (unpaired) electrons. The lowest BCUT2D eigenvalue weighted by Gasteiger charge is -2.20. The van der Waals surface area contributed by atoms with Gasteiger partial charge in [-0.2, -0.15) is 0 Å². The van der Waals surface area contributed by atoms with Gasteiger partial charge in [0.15, 0.2) is 0 Å². The number of carbonyl (C=O) groups excluding carboxylic acids is 2. The van der Waals surface area contributed by atoms with E-state index in [0.717, 1.165) is 31.2 Å². The van der Waals surface area contributed by atoms with Crippen LogP contribution in [0.4, 0.5) is 0 Å². The second-order valence-electron chi connectivity index (χ2n) is 7.07. The first-order valence-corrected chi connectivity index (χ1v) is 9.32. The highest BCUT2D eigenvalue weighted by Gasteiger charge is 2.26. The van der Waals surface area contributed by atoms with E-state index in [2.05, 4.69) is 10.6 Å². The minimum atomic E-state index is -1.03. The highest BCUT2D eigenvalue weighted by Crippen LogP contribution is 2.24. The zero-order valence-electron chi connectivity index (χ0n) is 15.5. The van der Waals surface area contributed by atoms with Gasteiger partial charge < -0.3 is 15.7 Å². The molecule has 0 spiro atoms. The van der Waals surface area contributed by atoms with Crippen molar-refractivity contribution in [1.29, 1.82) is 0 Å². The largest absolute Gasteiger partial charge is 0.480 e. The van der Waals surface area contributed by atoms with Gasteiger partial charge in [0.2, 0.25) is 5.91 Å². The maximum atomic E-state index is 12.3. The highest BCUT2D eigenvalue weighted by atomic mass is 16.4. The normalized spacial score (nSPS) is 16.7. The standard InChI is InChI=1S/C20H28N2O4/c1-3-13(2)17(20(25)26)22-19(24)16-10-8-14(9-11-16)12-21-18(23)15-6-4-5-7-15/h8-11,13,15,17H,3-7,12H2,1-2H3,(H,21,23)(H,22,24)(H,25,26)/t13-,17-/m0/s1. The molecule has 2 rings (SSSR count). The Kier molecular flexibility index (Phi) is 7.18. The number of hydrogen-bond donors (Lipinski definition) is 3. The van der Waals surface area contributed by atoms with E-state index < -0.39 is 17.9 Å². The second-order valence-corrected chi connectivity index (χ2v) is 7.07. The number of amides is 2. The molecular weight excluding hydrogens is 332 g/mol. The van der Waals surface area contributed by atoms with Gasteiger partial charge in [0.25, 0.3) is 5.91 Å². The van der Waals surface area contributed by atoms with E-state index >= 15 is 0 Å². The predicted octanol–water partition coefficient (Wildman–Crippen LogP) is 2.72. The summed E-state index contributed by atoms with van der Waals surface area (Å²) in [5, 5.41) is 14.8. The molecule has 0 aliphatic heterocycles. The van der Waals surface area contributed by atoms with Crippen LogP contribution in [0.25, 0.3) is 0 Å². The molecule has 1 aliphatic carbocycles. The number of hydrogen-bond acceptors (Lipinski definition) is 3. The van der Waals surface area contributed by atoms with Gasteiger partial charge in [-0.05, 0) is 36.5 Å². The van der Waals surface area contributed by atoms with Crippen molar-refractivity contribution in [3.63, 3.8) is 0 Å². The van der Waals surface area contributed by atoms with Crippen LogP contribution < -0.4 is 10.6 Å². The van der Waals surface area contributed by atoms with Crippen LogP contribution in [-0.2, 0) is 16.1 Å². The molecule has 3 N–H and O–H groups in total. The number of nitrogens with one attached hydrogen (secondary N) is 2. The van der Waals surface area contributed by atoms with E-state index in [0.29, 0.717) is 18.5 Å². The van der Waals surface area contributed by atoms with Crippen molar-refractivity contribution < 1.29 is 19.5 Å². The average molecular weight is 360 g/mol. The van der Waals surface area contributed by atoms with Gasteiger partial charge in [0.05, 0.1) is 0 Å². The summed E-state index contributed by atoms with van der Waals surface area (Å²) in [7, 11) is 0. The molecule has 0 aromatic heterocycles. The van der Waals surface area contributed by atoms with Gasteiger partial charge in [-0.15, -0.1) is 0 Å². The third kappa shape index (κ3) is 5.31. The van der Waals surface area contributed by atoms with Crippen molar-refractivity contribution in [3.05, 3.63) is 35.4 Å². The molecule has 1 aromatic carbocycles. The molecular formula is C20H28N2O4. The Morgan fingerprint density at radius 3 is 2.31 bits per heavy atom.